The SMILES string of the molecule is Cc1[nH]ncc1CCCNc1nnccc1C#N. The van der Waals surface area contributed by atoms with Crippen LogP contribution in [0.2, 0.25) is 0 Å². The highest BCUT2D eigenvalue weighted by atomic mass is 15.2. The summed E-state index contributed by atoms with van der Waals surface area (Å²) in [5.74, 6) is 0.545. The topological polar surface area (TPSA) is 90.3 Å². The average Bonchev–Trinajstić information content (AvgIpc) is 2.81. The molecule has 0 aliphatic rings. The van der Waals surface area contributed by atoms with Crippen molar-refractivity contribution in [1.29, 1.82) is 5.26 Å². The zero-order valence-electron chi connectivity index (χ0n) is 10.1. The Morgan fingerprint density at radius 2 is 2.39 bits per heavy atom. The van der Waals surface area contributed by atoms with E-state index in [1.807, 2.05) is 13.1 Å². The third-order valence-corrected chi connectivity index (χ3v) is 2.69. The molecule has 0 aliphatic heterocycles. The fraction of sp³-hybridized carbons (Fsp3) is 0.333. The summed E-state index contributed by atoms with van der Waals surface area (Å²) in [4.78, 5) is 0. The fourth-order valence-electron chi connectivity index (χ4n) is 1.67. The van der Waals surface area contributed by atoms with Crippen LogP contribution in [0.5, 0.6) is 0 Å². The molecule has 6 nitrogen and oxygen atoms in total. The van der Waals surface area contributed by atoms with E-state index in [1.54, 1.807) is 6.07 Å². The van der Waals surface area contributed by atoms with Gasteiger partial charge in [0, 0.05) is 12.2 Å². The number of anilines is 1. The molecule has 2 rings (SSSR count). The average molecular weight is 242 g/mol. The lowest BCUT2D eigenvalue weighted by molar-refractivity contribution is 0.847. The molecule has 92 valence electrons. The number of nitrogens with zero attached hydrogens (tertiary/aromatic N) is 4. The Morgan fingerprint density at radius 3 is 3.11 bits per heavy atom. The van der Waals surface area contributed by atoms with Crippen LogP contribution >= 0.6 is 0 Å². The van der Waals surface area contributed by atoms with Crippen molar-refractivity contribution in [2.45, 2.75) is 19.8 Å². The van der Waals surface area contributed by atoms with E-state index in [1.165, 1.54) is 11.8 Å². The summed E-state index contributed by atoms with van der Waals surface area (Å²) in [5.41, 5.74) is 2.84. The number of hydrogen-bond acceptors (Lipinski definition) is 5. The molecule has 2 aromatic heterocycles. The summed E-state index contributed by atoms with van der Waals surface area (Å²) in [6, 6.07) is 3.73. The number of hydrogen-bond donors (Lipinski definition) is 2. The first-order valence-electron chi connectivity index (χ1n) is 5.76. The number of aryl methyl sites for hydroxylation is 2. The molecule has 0 radical (unpaired) electrons. The second-order valence-electron chi connectivity index (χ2n) is 3.96. The number of aromatic nitrogens is 4. The first-order valence-corrected chi connectivity index (χ1v) is 5.76. The molecule has 0 amide bonds. The van der Waals surface area contributed by atoms with E-state index >= 15 is 0 Å². The van der Waals surface area contributed by atoms with E-state index in [0.717, 1.165) is 25.1 Å². The summed E-state index contributed by atoms with van der Waals surface area (Å²) in [6.45, 7) is 2.75. The molecule has 0 saturated heterocycles. The molecular weight excluding hydrogens is 228 g/mol. The molecule has 18 heavy (non-hydrogen) atoms. The van der Waals surface area contributed by atoms with Crippen molar-refractivity contribution < 1.29 is 0 Å². The predicted molar refractivity (Wildman–Crippen MR) is 66.9 cm³/mol. The zero-order valence-corrected chi connectivity index (χ0v) is 10.1. The van der Waals surface area contributed by atoms with Gasteiger partial charge in [0.1, 0.15) is 6.07 Å². The Bertz CT molecular complexity index is 554. The highest BCUT2D eigenvalue weighted by Gasteiger charge is 2.03. The lowest BCUT2D eigenvalue weighted by Gasteiger charge is -2.05. The van der Waals surface area contributed by atoms with E-state index < -0.39 is 0 Å². The number of nitriles is 1. The molecule has 0 saturated carbocycles. The normalized spacial score (nSPS) is 10.0. The van der Waals surface area contributed by atoms with Crippen LogP contribution < -0.4 is 5.32 Å². The molecule has 2 heterocycles. The van der Waals surface area contributed by atoms with E-state index in [0.29, 0.717) is 11.4 Å². The molecular formula is C12H14N6. The van der Waals surface area contributed by atoms with Crippen LogP contribution in [-0.2, 0) is 6.42 Å². The van der Waals surface area contributed by atoms with Crippen molar-refractivity contribution in [3.05, 3.63) is 35.3 Å². The lowest BCUT2D eigenvalue weighted by Crippen LogP contribution is -2.07. The molecule has 0 bridgehead atoms. The Kier molecular flexibility index (Phi) is 3.86. The van der Waals surface area contributed by atoms with Gasteiger partial charge in [-0.3, -0.25) is 5.10 Å². The van der Waals surface area contributed by atoms with Crippen molar-refractivity contribution in [3.8, 4) is 6.07 Å². The maximum Gasteiger partial charge on any atom is 0.166 e. The molecule has 0 unspecified atom stereocenters. The number of H-pyrrole nitrogens is 1. The Hall–Kier alpha value is -2.42. The maximum absolute atomic E-state index is 8.89. The van der Waals surface area contributed by atoms with Gasteiger partial charge in [-0.25, -0.2) is 0 Å². The maximum atomic E-state index is 8.89. The van der Waals surface area contributed by atoms with Crippen LogP contribution in [0.1, 0.15) is 23.2 Å². The van der Waals surface area contributed by atoms with E-state index in [9.17, 15) is 0 Å². The van der Waals surface area contributed by atoms with E-state index in [2.05, 4.69) is 31.8 Å². The van der Waals surface area contributed by atoms with Crippen LogP contribution in [0.3, 0.4) is 0 Å². The van der Waals surface area contributed by atoms with Crippen molar-refractivity contribution in [2.75, 3.05) is 11.9 Å². The minimum atomic E-state index is 0.518. The van der Waals surface area contributed by atoms with Crippen molar-refractivity contribution in [1.82, 2.24) is 20.4 Å². The van der Waals surface area contributed by atoms with E-state index in [-0.39, 0.29) is 0 Å². The molecule has 2 N–H and O–H groups in total. The van der Waals surface area contributed by atoms with Crippen molar-refractivity contribution >= 4 is 5.82 Å². The van der Waals surface area contributed by atoms with Gasteiger partial charge in [-0.1, -0.05) is 0 Å². The lowest BCUT2D eigenvalue weighted by atomic mass is 10.1. The quantitative estimate of drug-likeness (QED) is 0.774. The van der Waals surface area contributed by atoms with Gasteiger partial charge in [0.15, 0.2) is 5.82 Å². The van der Waals surface area contributed by atoms with Crippen molar-refractivity contribution in [3.63, 3.8) is 0 Å². The Balaban J connectivity index is 1.82. The van der Waals surface area contributed by atoms with Gasteiger partial charge in [-0.05, 0) is 31.4 Å². The molecule has 2 aromatic rings. The largest absolute Gasteiger partial charge is 0.367 e. The first kappa shape index (κ1) is 12.0. The molecule has 0 atom stereocenters. The van der Waals surface area contributed by atoms with Gasteiger partial charge >= 0.3 is 0 Å². The molecule has 0 aromatic carbocycles. The van der Waals surface area contributed by atoms with E-state index in [4.69, 9.17) is 5.26 Å². The van der Waals surface area contributed by atoms with Gasteiger partial charge < -0.3 is 5.32 Å². The second kappa shape index (κ2) is 5.77. The van der Waals surface area contributed by atoms with Crippen LogP contribution in [0, 0.1) is 18.3 Å². The number of nitrogens with one attached hydrogen (secondary N) is 2. The fourth-order valence-corrected chi connectivity index (χ4v) is 1.67. The second-order valence-corrected chi connectivity index (χ2v) is 3.96. The van der Waals surface area contributed by atoms with Gasteiger partial charge in [0.25, 0.3) is 0 Å². The summed E-state index contributed by atoms with van der Waals surface area (Å²) >= 11 is 0. The molecule has 0 spiro atoms. The smallest absolute Gasteiger partial charge is 0.166 e. The summed E-state index contributed by atoms with van der Waals surface area (Å²) in [7, 11) is 0. The number of rotatable bonds is 5. The standard InChI is InChI=1S/C12H14N6/c1-9-11(8-16-17-9)3-2-5-14-12-10(7-13)4-6-15-18-12/h4,6,8H,2-3,5H2,1H3,(H,14,18)(H,16,17). The van der Waals surface area contributed by atoms with Crippen LogP contribution in [0.25, 0.3) is 0 Å². The third kappa shape index (κ3) is 2.83. The van der Waals surface area contributed by atoms with Gasteiger partial charge in [0.05, 0.1) is 18.0 Å². The number of aromatic amines is 1. The predicted octanol–water partition coefficient (Wildman–Crippen LogP) is 1.42. The minimum absolute atomic E-state index is 0.518. The first-order chi connectivity index (χ1) is 8.81. The summed E-state index contributed by atoms with van der Waals surface area (Å²) < 4.78 is 0. The summed E-state index contributed by atoms with van der Waals surface area (Å²) in [6.07, 6.45) is 5.25. The Morgan fingerprint density at radius 1 is 1.50 bits per heavy atom. The van der Waals surface area contributed by atoms with Gasteiger partial charge in [-0.15, -0.1) is 5.10 Å². The molecule has 0 aliphatic carbocycles. The van der Waals surface area contributed by atoms with Crippen LogP contribution in [-0.4, -0.2) is 26.9 Å². The highest BCUT2D eigenvalue weighted by Crippen LogP contribution is 2.09. The van der Waals surface area contributed by atoms with Gasteiger partial charge in [-0.2, -0.15) is 15.5 Å². The van der Waals surface area contributed by atoms with Crippen molar-refractivity contribution in [2.24, 2.45) is 0 Å². The monoisotopic (exact) mass is 242 g/mol. The zero-order chi connectivity index (χ0) is 12.8. The minimum Gasteiger partial charge on any atom is -0.367 e. The van der Waals surface area contributed by atoms with Gasteiger partial charge in [0.2, 0.25) is 0 Å². The summed E-state index contributed by atoms with van der Waals surface area (Å²) in [5, 5.41) is 26.6. The molecule has 6 heteroatoms. The van der Waals surface area contributed by atoms with Crippen LogP contribution in [0.4, 0.5) is 5.82 Å². The highest BCUT2D eigenvalue weighted by molar-refractivity contribution is 5.49. The molecule has 0 fully saturated rings. The van der Waals surface area contributed by atoms with Crippen LogP contribution in [0.15, 0.2) is 18.5 Å². The Labute approximate surface area is 105 Å². The third-order valence-electron chi connectivity index (χ3n) is 2.69.